The van der Waals surface area contributed by atoms with E-state index in [1.807, 2.05) is 0 Å². The van der Waals surface area contributed by atoms with Crippen LogP contribution in [0.25, 0.3) is 5.76 Å². The number of piperazine rings is 1. The van der Waals surface area contributed by atoms with Crippen molar-refractivity contribution in [1.29, 1.82) is 0 Å². The van der Waals surface area contributed by atoms with Crippen LogP contribution in [0.2, 0.25) is 0 Å². The maximum atomic E-state index is 9.94. The average molecular weight is 313 g/mol. The van der Waals surface area contributed by atoms with E-state index in [-0.39, 0.29) is 0 Å². The monoisotopic (exact) mass is 313 g/mol. The lowest BCUT2D eigenvalue weighted by Gasteiger charge is -2.36. The molecule has 1 saturated heterocycles. The Kier molecular flexibility index (Phi) is 3.42. The van der Waals surface area contributed by atoms with E-state index in [1.54, 1.807) is 17.5 Å². The van der Waals surface area contributed by atoms with E-state index in [2.05, 4.69) is 51.5 Å². The Morgan fingerprint density at radius 1 is 1.00 bits per heavy atom. The molecule has 2 aliphatic heterocycles. The molecule has 4 rings (SSSR count). The lowest BCUT2D eigenvalue weighted by atomic mass is 10.2. The summed E-state index contributed by atoms with van der Waals surface area (Å²) in [6, 6.07) is 12.7. The minimum Gasteiger partial charge on any atom is -0.506 e. The van der Waals surface area contributed by atoms with Gasteiger partial charge in [-0.3, -0.25) is 0 Å². The smallest absolute Gasteiger partial charge is 0.139 e. The summed E-state index contributed by atoms with van der Waals surface area (Å²) in [5, 5.41) is 14.3. The molecule has 2 aromatic rings. The van der Waals surface area contributed by atoms with E-state index < -0.39 is 0 Å². The van der Waals surface area contributed by atoms with Crippen LogP contribution in [0.3, 0.4) is 0 Å². The fraction of sp³-hybridized carbons (Fsp3) is 0.294. The lowest BCUT2D eigenvalue weighted by molar-refractivity contribution is 0.502. The Hall–Kier alpha value is -2.14. The highest BCUT2D eigenvalue weighted by atomic mass is 32.1. The molecule has 2 aliphatic rings. The number of rotatable bonds is 2. The fourth-order valence-electron chi connectivity index (χ4n) is 3.06. The van der Waals surface area contributed by atoms with Gasteiger partial charge in [0.25, 0.3) is 0 Å². The molecule has 1 aromatic carbocycles. The molecule has 0 radical (unpaired) electrons. The second-order valence-corrected chi connectivity index (χ2v) is 6.76. The van der Waals surface area contributed by atoms with Crippen LogP contribution in [0.4, 0.5) is 10.7 Å². The summed E-state index contributed by atoms with van der Waals surface area (Å²) in [6.07, 6.45) is 1.69. The van der Waals surface area contributed by atoms with Crippen molar-refractivity contribution in [2.75, 3.05) is 36.0 Å². The Morgan fingerprint density at radius 3 is 2.45 bits per heavy atom. The van der Waals surface area contributed by atoms with Gasteiger partial charge in [0.1, 0.15) is 5.76 Å². The lowest BCUT2D eigenvalue weighted by Crippen LogP contribution is -2.46. The van der Waals surface area contributed by atoms with Gasteiger partial charge in [-0.1, -0.05) is 18.2 Å². The standard InChI is InChI=1S/C17H19N3OS/c21-15-11-18-12-16-14(15)10-17(22-16)20-8-6-19(7-9-20)13-4-2-1-3-5-13/h1-5,10-11,18,21H,6-9,12H2. The van der Waals surface area contributed by atoms with Crippen molar-refractivity contribution >= 4 is 27.8 Å². The zero-order valence-corrected chi connectivity index (χ0v) is 13.1. The van der Waals surface area contributed by atoms with Crippen LogP contribution in [-0.2, 0) is 6.54 Å². The number of aliphatic hydroxyl groups excluding tert-OH is 1. The summed E-state index contributed by atoms with van der Waals surface area (Å²) < 4.78 is 0. The van der Waals surface area contributed by atoms with Crippen molar-refractivity contribution in [2.45, 2.75) is 6.54 Å². The Balaban J connectivity index is 1.47. The highest BCUT2D eigenvalue weighted by Gasteiger charge is 2.22. The Bertz CT molecular complexity index is 687. The molecule has 1 fully saturated rings. The quantitative estimate of drug-likeness (QED) is 0.894. The van der Waals surface area contributed by atoms with Gasteiger partial charge >= 0.3 is 0 Å². The molecule has 3 heterocycles. The van der Waals surface area contributed by atoms with E-state index >= 15 is 0 Å². The van der Waals surface area contributed by atoms with Gasteiger partial charge in [-0.2, -0.15) is 0 Å². The van der Waals surface area contributed by atoms with Gasteiger partial charge in [0.15, 0.2) is 0 Å². The van der Waals surface area contributed by atoms with Crippen molar-refractivity contribution in [3.05, 3.63) is 53.0 Å². The number of benzene rings is 1. The van der Waals surface area contributed by atoms with Crippen LogP contribution >= 0.6 is 11.3 Å². The molecule has 0 saturated carbocycles. The number of thiophene rings is 1. The van der Waals surface area contributed by atoms with E-state index in [0.29, 0.717) is 5.76 Å². The summed E-state index contributed by atoms with van der Waals surface area (Å²) in [5.74, 6) is 0.353. The molecule has 0 amide bonds. The molecule has 22 heavy (non-hydrogen) atoms. The molecule has 0 bridgehead atoms. The van der Waals surface area contributed by atoms with Crippen LogP contribution in [0.5, 0.6) is 0 Å². The number of fused-ring (bicyclic) bond motifs is 1. The first kappa shape index (κ1) is 13.5. The highest BCUT2D eigenvalue weighted by Crippen LogP contribution is 2.35. The van der Waals surface area contributed by atoms with E-state index in [4.69, 9.17) is 0 Å². The third-order valence-electron chi connectivity index (χ3n) is 4.29. The minimum absolute atomic E-state index is 0.353. The number of hydrogen-bond acceptors (Lipinski definition) is 5. The molecule has 0 spiro atoms. The van der Waals surface area contributed by atoms with Crippen LogP contribution in [0.1, 0.15) is 10.4 Å². The molecular formula is C17H19N3OS. The van der Waals surface area contributed by atoms with Gasteiger partial charge in [0, 0.05) is 55.1 Å². The minimum atomic E-state index is 0.353. The Morgan fingerprint density at radius 2 is 1.73 bits per heavy atom. The van der Waals surface area contributed by atoms with Gasteiger partial charge in [-0.15, -0.1) is 11.3 Å². The maximum Gasteiger partial charge on any atom is 0.139 e. The summed E-state index contributed by atoms with van der Waals surface area (Å²) in [5.41, 5.74) is 2.29. The number of nitrogens with one attached hydrogen (secondary N) is 1. The van der Waals surface area contributed by atoms with Crippen LogP contribution in [0, 0.1) is 0 Å². The molecule has 2 N–H and O–H groups in total. The topological polar surface area (TPSA) is 38.7 Å². The van der Waals surface area contributed by atoms with Gasteiger partial charge in [-0.25, -0.2) is 0 Å². The third kappa shape index (κ3) is 2.41. The summed E-state index contributed by atoms with van der Waals surface area (Å²) in [6.45, 7) is 4.92. The number of para-hydroxylation sites is 1. The second kappa shape index (κ2) is 5.57. The van der Waals surface area contributed by atoms with Gasteiger partial charge in [0.05, 0.1) is 5.00 Å². The van der Waals surface area contributed by atoms with Crippen molar-refractivity contribution in [1.82, 2.24) is 5.32 Å². The van der Waals surface area contributed by atoms with Gasteiger partial charge in [-0.05, 0) is 18.2 Å². The van der Waals surface area contributed by atoms with E-state index in [9.17, 15) is 5.11 Å². The molecular weight excluding hydrogens is 294 g/mol. The number of hydrogen-bond donors (Lipinski definition) is 2. The number of nitrogens with zero attached hydrogens (tertiary/aromatic N) is 2. The molecule has 0 unspecified atom stereocenters. The van der Waals surface area contributed by atoms with Crippen molar-refractivity contribution in [3.8, 4) is 0 Å². The molecule has 114 valence electrons. The first-order valence-corrected chi connectivity index (χ1v) is 8.43. The number of aliphatic hydroxyl groups is 1. The predicted molar refractivity (Wildman–Crippen MR) is 92.6 cm³/mol. The molecule has 4 nitrogen and oxygen atoms in total. The first-order valence-electron chi connectivity index (χ1n) is 7.62. The predicted octanol–water partition coefficient (Wildman–Crippen LogP) is 3.03. The highest BCUT2D eigenvalue weighted by molar-refractivity contribution is 7.16. The van der Waals surface area contributed by atoms with E-state index in [1.165, 1.54) is 15.6 Å². The Labute approximate surface area is 134 Å². The summed E-state index contributed by atoms with van der Waals surface area (Å²) in [4.78, 5) is 6.08. The van der Waals surface area contributed by atoms with E-state index in [0.717, 1.165) is 38.3 Å². The third-order valence-corrected chi connectivity index (χ3v) is 5.48. The maximum absolute atomic E-state index is 9.94. The zero-order chi connectivity index (χ0) is 14.9. The van der Waals surface area contributed by atoms with Crippen molar-refractivity contribution in [3.63, 3.8) is 0 Å². The first-order chi connectivity index (χ1) is 10.8. The van der Waals surface area contributed by atoms with Crippen LogP contribution in [-0.4, -0.2) is 31.3 Å². The normalized spacial score (nSPS) is 17.7. The van der Waals surface area contributed by atoms with Gasteiger partial charge < -0.3 is 20.2 Å². The molecule has 0 aliphatic carbocycles. The molecule has 0 atom stereocenters. The fourth-order valence-corrected chi connectivity index (χ4v) is 4.23. The summed E-state index contributed by atoms with van der Waals surface area (Å²) >= 11 is 1.79. The average Bonchev–Trinajstić information content (AvgIpc) is 3.02. The number of anilines is 2. The SMILES string of the molecule is OC1=CNCc2sc(N3CCN(c4ccccc4)CC3)cc21. The van der Waals surface area contributed by atoms with Gasteiger partial charge in [0.2, 0.25) is 0 Å². The van der Waals surface area contributed by atoms with Crippen LogP contribution < -0.4 is 15.1 Å². The van der Waals surface area contributed by atoms with Crippen molar-refractivity contribution in [2.24, 2.45) is 0 Å². The van der Waals surface area contributed by atoms with Crippen LogP contribution in [0.15, 0.2) is 42.6 Å². The summed E-state index contributed by atoms with van der Waals surface area (Å²) in [7, 11) is 0. The molecule has 1 aromatic heterocycles. The van der Waals surface area contributed by atoms with Crippen molar-refractivity contribution < 1.29 is 5.11 Å². The largest absolute Gasteiger partial charge is 0.506 e. The molecule has 5 heteroatoms. The zero-order valence-electron chi connectivity index (χ0n) is 12.3. The second-order valence-electron chi connectivity index (χ2n) is 5.64.